The van der Waals surface area contributed by atoms with Crippen molar-refractivity contribution in [1.29, 1.82) is 0 Å². The number of nitrogens with one attached hydrogen (secondary N) is 2. The van der Waals surface area contributed by atoms with Crippen LogP contribution in [-0.2, 0) is 4.79 Å². The van der Waals surface area contributed by atoms with Gasteiger partial charge in [0.25, 0.3) is 0 Å². The van der Waals surface area contributed by atoms with Crippen molar-refractivity contribution < 1.29 is 4.79 Å². The van der Waals surface area contributed by atoms with Crippen molar-refractivity contribution >= 4 is 47.2 Å². The summed E-state index contributed by atoms with van der Waals surface area (Å²) in [4.78, 5) is 12.9. The van der Waals surface area contributed by atoms with Gasteiger partial charge in [0.05, 0.1) is 5.92 Å². The number of hydrogen-bond donors (Lipinski definition) is 2. The van der Waals surface area contributed by atoms with Crippen LogP contribution in [0.2, 0.25) is 0 Å². The molecule has 5 heteroatoms. The number of anilines is 1. The van der Waals surface area contributed by atoms with Gasteiger partial charge in [-0.25, -0.2) is 0 Å². The third kappa shape index (κ3) is 4.01. The van der Waals surface area contributed by atoms with E-state index in [9.17, 15) is 4.79 Å². The van der Waals surface area contributed by atoms with Crippen LogP contribution < -0.4 is 10.6 Å². The van der Waals surface area contributed by atoms with Gasteiger partial charge in [-0.2, -0.15) is 0 Å². The van der Waals surface area contributed by atoms with Gasteiger partial charge in [-0.15, -0.1) is 24.8 Å². The summed E-state index contributed by atoms with van der Waals surface area (Å²) in [5.74, 6) is 0.262. The summed E-state index contributed by atoms with van der Waals surface area (Å²) in [5, 5.41) is 8.73. The number of halogens is 2. The molecule has 0 spiro atoms. The zero-order valence-corrected chi connectivity index (χ0v) is 15.9. The molecule has 2 N–H and O–H groups in total. The molecule has 1 saturated heterocycles. The third-order valence-electron chi connectivity index (χ3n) is 4.83. The fourth-order valence-corrected chi connectivity index (χ4v) is 3.56. The molecule has 136 valence electrons. The van der Waals surface area contributed by atoms with Crippen molar-refractivity contribution in [2.75, 3.05) is 18.4 Å². The topological polar surface area (TPSA) is 41.1 Å². The smallest absolute Gasteiger partial charge is 0.229 e. The predicted molar refractivity (Wildman–Crippen MR) is 113 cm³/mol. The van der Waals surface area contributed by atoms with E-state index in [1.54, 1.807) is 0 Å². The third-order valence-corrected chi connectivity index (χ3v) is 4.83. The Kier molecular flexibility index (Phi) is 7.04. The monoisotopic (exact) mass is 388 g/mol. The molecule has 4 rings (SSSR count). The lowest BCUT2D eigenvalue weighted by atomic mass is 9.88. The van der Waals surface area contributed by atoms with Crippen molar-refractivity contribution in [1.82, 2.24) is 5.32 Å². The highest BCUT2D eigenvalue weighted by atomic mass is 35.5. The lowest BCUT2D eigenvalue weighted by Gasteiger charge is -2.19. The standard InChI is InChI=1S/C21H20N2O.2ClH/c24-21(19-14-22-13-18(19)16-7-2-1-3-8-16)23-20-12-6-10-15-9-4-5-11-17(15)20;;/h1-12,18-19,22H,13-14H2,(H,23,24);2*1H. The largest absolute Gasteiger partial charge is 0.325 e. The molecule has 1 aliphatic rings. The van der Waals surface area contributed by atoms with E-state index in [4.69, 9.17) is 0 Å². The van der Waals surface area contributed by atoms with E-state index in [2.05, 4.69) is 34.9 Å². The number of carbonyl (C=O) groups is 1. The van der Waals surface area contributed by atoms with E-state index >= 15 is 0 Å². The van der Waals surface area contributed by atoms with E-state index in [1.165, 1.54) is 5.56 Å². The van der Waals surface area contributed by atoms with Crippen LogP contribution in [0.1, 0.15) is 11.5 Å². The molecule has 1 amide bonds. The second-order valence-electron chi connectivity index (χ2n) is 6.30. The molecule has 3 aromatic rings. The zero-order chi connectivity index (χ0) is 16.4. The lowest BCUT2D eigenvalue weighted by molar-refractivity contribution is -0.119. The maximum atomic E-state index is 12.9. The molecule has 0 aromatic heterocycles. The fraction of sp³-hybridized carbons (Fsp3) is 0.190. The van der Waals surface area contributed by atoms with Crippen molar-refractivity contribution in [3.8, 4) is 0 Å². The molecule has 3 aromatic carbocycles. The van der Waals surface area contributed by atoms with Gasteiger partial charge in [-0.1, -0.05) is 66.7 Å². The Morgan fingerprint density at radius 1 is 0.846 bits per heavy atom. The molecule has 2 atom stereocenters. The van der Waals surface area contributed by atoms with Crippen LogP contribution in [0.3, 0.4) is 0 Å². The summed E-state index contributed by atoms with van der Waals surface area (Å²) in [7, 11) is 0. The summed E-state index contributed by atoms with van der Waals surface area (Å²) >= 11 is 0. The van der Waals surface area contributed by atoms with Crippen LogP contribution >= 0.6 is 24.8 Å². The number of amides is 1. The maximum Gasteiger partial charge on any atom is 0.229 e. The zero-order valence-electron chi connectivity index (χ0n) is 14.2. The summed E-state index contributed by atoms with van der Waals surface area (Å²) in [6, 6.07) is 24.4. The van der Waals surface area contributed by atoms with Gasteiger partial charge in [0.2, 0.25) is 5.91 Å². The minimum atomic E-state index is -0.0497. The average Bonchev–Trinajstić information content (AvgIpc) is 3.13. The first-order valence-electron chi connectivity index (χ1n) is 8.37. The lowest BCUT2D eigenvalue weighted by Crippen LogP contribution is -2.28. The number of benzene rings is 3. The molecule has 1 fully saturated rings. The van der Waals surface area contributed by atoms with Gasteiger partial charge in [0.1, 0.15) is 0 Å². The molecule has 0 saturated carbocycles. The number of carbonyl (C=O) groups excluding carboxylic acids is 1. The van der Waals surface area contributed by atoms with Crippen LogP contribution in [0, 0.1) is 5.92 Å². The van der Waals surface area contributed by atoms with Gasteiger partial charge < -0.3 is 10.6 Å². The highest BCUT2D eigenvalue weighted by Crippen LogP contribution is 2.30. The Labute approximate surface area is 166 Å². The van der Waals surface area contributed by atoms with Crippen molar-refractivity contribution in [2.24, 2.45) is 5.92 Å². The molecule has 2 unspecified atom stereocenters. The molecular formula is C21H22Cl2N2O. The van der Waals surface area contributed by atoms with E-state index in [0.29, 0.717) is 0 Å². The Balaban J connectivity index is 0.00000121. The molecule has 0 radical (unpaired) electrons. The first-order chi connectivity index (χ1) is 11.8. The van der Waals surface area contributed by atoms with E-state index in [0.717, 1.165) is 29.5 Å². The molecule has 0 aliphatic carbocycles. The average molecular weight is 389 g/mol. The van der Waals surface area contributed by atoms with Gasteiger partial charge in [-0.3, -0.25) is 4.79 Å². The minimum Gasteiger partial charge on any atom is -0.325 e. The molecule has 1 heterocycles. The molecule has 0 bridgehead atoms. The summed E-state index contributed by atoms with van der Waals surface area (Å²) in [6.45, 7) is 1.56. The SMILES string of the molecule is Cl.Cl.O=C(Nc1cccc2ccccc12)C1CNCC1c1ccccc1. The van der Waals surface area contributed by atoms with E-state index in [1.807, 2.05) is 48.5 Å². The summed E-state index contributed by atoms with van der Waals surface area (Å²) in [5.41, 5.74) is 2.11. The molecule has 1 aliphatic heterocycles. The van der Waals surface area contributed by atoms with Crippen LogP contribution in [-0.4, -0.2) is 19.0 Å². The van der Waals surface area contributed by atoms with Crippen LogP contribution in [0.4, 0.5) is 5.69 Å². The normalized spacial score (nSPS) is 18.6. The predicted octanol–water partition coefficient (Wildman–Crippen LogP) is 4.63. The second-order valence-corrected chi connectivity index (χ2v) is 6.30. The van der Waals surface area contributed by atoms with E-state index in [-0.39, 0.29) is 42.6 Å². The van der Waals surface area contributed by atoms with Crippen molar-refractivity contribution in [3.05, 3.63) is 78.4 Å². The van der Waals surface area contributed by atoms with Gasteiger partial charge in [-0.05, 0) is 17.0 Å². The van der Waals surface area contributed by atoms with Crippen LogP contribution in [0.15, 0.2) is 72.8 Å². The Morgan fingerprint density at radius 2 is 1.54 bits per heavy atom. The minimum absolute atomic E-state index is 0. The number of rotatable bonds is 3. The maximum absolute atomic E-state index is 12.9. The van der Waals surface area contributed by atoms with Gasteiger partial charge >= 0.3 is 0 Å². The van der Waals surface area contributed by atoms with Gasteiger partial charge in [0.15, 0.2) is 0 Å². The van der Waals surface area contributed by atoms with Gasteiger partial charge in [0, 0.05) is 30.1 Å². The first kappa shape index (κ1) is 20.2. The first-order valence-corrected chi connectivity index (χ1v) is 8.37. The highest BCUT2D eigenvalue weighted by Gasteiger charge is 2.33. The van der Waals surface area contributed by atoms with E-state index < -0.39 is 0 Å². The quantitative estimate of drug-likeness (QED) is 0.686. The molecule has 3 nitrogen and oxygen atoms in total. The Hall–Kier alpha value is -2.07. The second kappa shape index (κ2) is 9.04. The molecular weight excluding hydrogens is 367 g/mol. The number of hydrogen-bond acceptors (Lipinski definition) is 2. The highest BCUT2D eigenvalue weighted by molar-refractivity contribution is 6.03. The van der Waals surface area contributed by atoms with Crippen LogP contribution in [0.25, 0.3) is 10.8 Å². The number of fused-ring (bicyclic) bond motifs is 1. The van der Waals surface area contributed by atoms with Crippen LogP contribution in [0.5, 0.6) is 0 Å². The Morgan fingerprint density at radius 3 is 2.35 bits per heavy atom. The Bertz CT molecular complexity index is 865. The van der Waals surface area contributed by atoms with Crippen molar-refractivity contribution in [2.45, 2.75) is 5.92 Å². The summed E-state index contributed by atoms with van der Waals surface area (Å²) < 4.78 is 0. The van der Waals surface area contributed by atoms with Crippen molar-refractivity contribution in [3.63, 3.8) is 0 Å². The molecule has 26 heavy (non-hydrogen) atoms. The fourth-order valence-electron chi connectivity index (χ4n) is 3.56. The summed E-state index contributed by atoms with van der Waals surface area (Å²) in [6.07, 6.45) is 0.